The van der Waals surface area contributed by atoms with E-state index < -0.39 is 18.0 Å². The number of hydrogen-bond donors (Lipinski definition) is 3. The Kier molecular flexibility index (Phi) is 6.54. The number of carboxylic acid groups (broad SMARTS) is 1. The minimum atomic E-state index is -1.23. The van der Waals surface area contributed by atoms with Crippen LogP contribution >= 0.6 is 0 Å². The number of rotatable bonds is 7. The first-order valence-electron chi connectivity index (χ1n) is 8.29. The Morgan fingerprint density at radius 1 is 1.19 bits per heavy atom. The maximum Gasteiger partial charge on any atom is 0.405 e. The Morgan fingerprint density at radius 3 is 2.46 bits per heavy atom. The van der Waals surface area contributed by atoms with E-state index in [0.717, 1.165) is 11.1 Å². The third kappa shape index (κ3) is 5.20. The molecule has 0 bridgehead atoms. The Labute approximate surface area is 152 Å². The van der Waals surface area contributed by atoms with Crippen molar-refractivity contribution in [2.45, 2.75) is 26.3 Å². The molecule has 1 atom stereocenters. The summed E-state index contributed by atoms with van der Waals surface area (Å²) in [5, 5.41) is 14.0. The van der Waals surface area contributed by atoms with Crippen LogP contribution < -0.4 is 15.4 Å². The monoisotopic (exact) mass is 357 g/mol. The SMILES string of the molecule is COc1cc(NC(=O)C(CC(C)C)NC(=O)O)ccc1-c1ccncc1. The van der Waals surface area contributed by atoms with Crippen LogP contribution in [0.5, 0.6) is 5.75 Å². The van der Waals surface area contributed by atoms with Crippen molar-refractivity contribution in [1.29, 1.82) is 0 Å². The predicted molar refractivity (Wildman–Crippen MR) is 99.3 cm³/mol. The number of nitrogens with zero attached hydrogens (tertiary/aromatic N) is 1. The highest BCUT2D eigenvalue weighted by atomic mass is 16.5. The van der Waals surface area contributed by atoms with Crippen molar-refractivity contribution < 1.29 is 19.4 Å². The Bertz CT molecular complexity index is 763. The molecule has 1 aromatic carbocycles. The van der Waals surface area contributed by atoms with Gasteiger partial charge in [-0.05, 0) is 42.2 Å². The standard InChI is InChI=1S/C19H23N3O4/c1-12(2)10-16(22-19(24)25)18(23)21-14-4-5-15(17(11-14)26-3)13-6-8-20-9-7-13/h4-9,11-12,16,22H,10H2,1-3H3,(H,21,23)(H,24,25). The lowest BCUT2D eigenvalue weighted by atomic mass is 10.0. The molecule has 1 aromatic heterocycles. The number of methoxy groups -OCH3 is 1. The molecule has 0 radical (unpaired) electrons. The third-order valence-electron chi connectivity index (χ3n) is 3.78. The van der Waals surface area contributed by atoms with Gasteiger partial charge in [-0.3, -0.25) is 9.78 Å². The molecule has 2 aromatic rings. The van der Waals surface area contributed by atoms with Gasteiger partial charge in [0.25, 0.3) is 0 Å². The minimum absolute atomic E-state index is 0.168. The minimum Gasteiger partial charge on any atom is -0.496 e. The second-order valence-corrected chi connectivity index (χ2v) is 6.27. The lowest BCUT2D eigenvalue weighted by Gasteiger charge is -2.19. The van der Waals surface area contributed by atoms with Crippen LogP contribution in [0, 0.1) is 5.92 Å². The normalized spacial score (nSPS) is 11.7. The Morgan fingerprint density at radius 2 is 1.88 bits per heavy atom. The fourth-order valence-corrected chi connectivity index (χ4v) is 2.62. The molecule has 2 amide bonds. The van der Waals surface area contributed by atoms with Crippen LogP contribution in [0.25, 0.3) is 11.1 Å². The molecule has 7 heteroatoms. The topological polar surface area (TPSA) is 101 Å². The highest BCUT2D eigenvalue weighted by Gasteiger charge is 2.22. The Hall–Kier alpha value is -3.09. The van der Waals surface area contributed by atoms with Gasteiger partial charge in [-0.1, -0.05) is 13.8 Å². The van der Waals surface area contributed by atoms with Crippen molar-refractivity contribution in [3.63, 3.8) is 0 Å². The van der Waals surface area contributed by atoms with E-state index in [4.69, 9.17) is 9.84 Å². The third-order valence-corrected chi connectivity index (χ3v) is 3.78. The van der Waals surface area contributed by atoms with Gasteiger partial charge in [0.2, 0.25) is 5.91 Å². The maximum atomic E-state index is 12.5. The second-order valence-electron chi connectivity index (χ2n) is 6.27. The Balaban J connectivity index is 2.20. The van der Waals surface area contributed by atoms with Gasteiger partial charge in [0, 0.05) is 29.7 Å². The molecule has 0 aliphatic heterocycles. The van der Waals surface area contributed by atoms with Crippen molar-refractivity contribution in [2.24, 2.45) is 5.92 Å². The zero-order valence-corrected chi connectivity index (χ0v) is 15.0. The molecule has 2 rings (SSSR count). The van der Waals surface area contributed by atoms with Gasteiger partial charge in [-0.2, -0.15) is 0 Å². The number of anilines is 1. The fourth-order valence-electron chi connectivity index (χ4n) is 2.62. The van der Waals surface area contributed by atoms with Gasteiger partial charge in [0.15, 0.2) is 0 Å². The molecule has 0 aliphatic rings. The number of carbonyl (C=O) groups is 2. The van der Waals surface area contributed by atoms with Crippen LogP contribution in [0.3, 0.4) is 0 Å². The molecule has 3 N–H and O–H groups in total. The number of ether oxygens (including phenoxy) is 1. The molecule has 0 saturated heterocycles. The lowest BCUT2D eigenvalue weighted by Crippen LogP contribution is -2.44. The summed E-state index contributed by atoms with van der Waals surface area (Å²) >= 11 is 0. The van der Waals surface area contributed by atoms with Gasteiger partial charge in [-0.15, -0.1) is 0 Å². The highest BCUT2D eigenvalue weighted by molar-refractivity contribution is 5.97. The average molecular weight is 357 g/mol. The zero-order chi connectivity index (χ0) is 19.1. The predicted octanol–water partition coefficient (Wildman–Crippen LogP) is 3.38. The van der Waals surface area contributed by atoms with Crippen LogP contribution in [0.15, 0.2) is 42.7 Å². The molecule has 0 aliphatic carbocycles. The molecule has 7 nitrogen and oxygen atoms in total. The quantitative estimate of drug-likeness (QED) is 0.705. The van der Waals surface area contributed by atoms with Gasteiger partial charge < -0.3 is 20.5 Å². The first kappa shape index (κ1) is 19.2. The molecule has 0 saturated carbocycles. The van der Waals surface area contributed by atoms with Crippen molar-refractivity contribution in [1.82, 2.24) is 10.3 Å². The van der Waals surface area contributed by atoms with E-state index in [-0.39, 0.29) is 5.92 Å². The summed E-state index contributed by atoms with van der Waals surface area (Å²) in [5.41, 5.74) is 2.35. The summed E-state index contributed by atoms with van der Waals surface area (Å²) in [7, 11) is 1.55. The number of nitrogens with one attached hydrogen (secondary N) is 2. The van der Waals surface area contributed by atoms with Crippen molar-refractivity contribution in [2.75, 3.05) is 12.4 Å². The molecule has 138 valence electrons. The van der Waals surface area contributed by atoms with E-state index in [2.05, 4.69) is 15.6 Å². The van der Waals surface area contributed by atoms with Crippen LogP contribution in [-0.2, 0) is 4.79 Å². The van der Waals surface area contributed by atoms with Crippen LogP contribution in [0.2, 0.25) is 0 Å². The first-order valence-corrected chi connectivity index (χ1v) is 8.29. The van der Waals surface area contributed by atoms with Gasteiger partial charge in [0.05, 0.1) is 7.11 Å². The van der Waals surface area contributed by atoms with Crippen LogP contribution in [-0.4, -0.2) is 35.2 Å². The van der Waals surface area contributed by atoms with E-state index in [1.54, 1.807) is 31.6 Å². The number of pyridine rings is 1. The summed E-state index contributed by atoms with van der Waals surface area (Å²) in [6, 6.07) is 8.21. The smallest absolute Gasteiger partial charge is 0.405 e. The van der Waals surface area contributed by atoms with E-state index in [9.17, 15) is 9.59 Å². The van der Waals surface area contributed by atoms with Gasteiger partial charge >= 0.3 is 6.09 Å². The summed E-state index contributed by atoms with van der Waals surface area (Å²) < 4.78 is 5.43. The van der Waals surface area contributed by atoms with Gasteiger partial charge in [-0.25, -0.2) is 4.79 Å². The van der Waals surface area contributed by atoms with Crippen molar-refractivity contribution in [3.05, 3.63) is 42.7 Å². The van der Waals surface area contributed by atoms with Crippen molar-refractivity contribution >= 4 is 17.7 Å². The van der Waals surface area contributed by atoms with E-state index in [1.807, 2.05) is 32.0 Å². The molecular weight excluding hydrogens is 334 g/mol. The number of carbonyl (C=O) groups excluding carboxylic acids is 1. The summed E-state index contributed by atoms with van der Waals surface area (Å²) in [4.78, 5) is 27.4. The molecule has 1 heterocycles. The zero-order valence-electron chi connectivity index (χ0n) is 15.0. The van der Waals surface area contributed by atoms with E-state index in [1.165, 1.54) is 0 Å². The highest BCUT2D eigenvalue weighted by Crippen LogP contribution is 2.32. The van der Waals surface area contributed by atoms with Crippen LogP contribution in [0.1, 0.15) is 20.3 Å². The molecule has 26 heavy (non-hydrogen) atoms. The van der Waals surface area contributed by atoms with E-state index >= 15 is 0 Å². The summed E-state index contributed by atoms with van der Waals surface area (Å²) in [6.07, 6.45) is 2.57. The molecule has 0 spiro atoms. The largest absolute Gasteiger partial charge is 0.496 e. The van der Waals surface area contributed by atoms with Crippen LogP contribution in [0.4, 0.5) is 10.5 Å². The lowest BCUT2D eigenvalue weighted by molar-refractivity contribution is -0.118. The fraction of sp³-hybridized carbons (Fsp3) is 0.316. The summed E-state index contributed by atoms with van der Waals surface area (Å²) in [5.74, 6) is 0.363. The van der Waals surface area contributed by atoms with E-state index in [0.29, 0.717) is 17.9 Å². The number of amides is 2. The number of benzene rings is 1. The van der Waals surface area contributed by atoms with Crippen molar-refractivity contribution in [3.8, 4) is 16.9 Å². The molecule has 1 unspecified atom stereocenters. The molecular formula is C19H23N3O4. The van der Waals surface area contributed by atoms with Gasteiger partial charge in [0.1, 0.15) is 11.8 Å². The summed E-state index contributed by atoms with van der Waals surface area (Å²) in [6.45, 7) is 3.85. The second kappa shape index (κ2) is 8.84. The molecule has 0 fully saturated rings. The first-order chi connectivity index (χ1) is 12.4. The number of aromatic nitrogens is 1. The number of hydrogen-bond acceptors (Lipinski definition) is 4. The average Bonchev–Trinajstić information content (AvgIpc) is 2.61. The maximum absolute atomic E-state index is 12.5.